The van der Waals surface area contributed by atoms with E-state index in [0.717, 1.165) is 12.1 Å². The fraction of sp³-hybridized carbons (Fsp3) is 0.333. The van der Waals surface area contributed by atoms with Crippen LogP contribution >= 0.6 is 0 Å². The van der Waals surface area contributed by atoms with E-state index in [1.54, 1.807) is 7.11 Å². The SMILES string of the molecule is COc1ccc(CNC2=CC(C)[CH]C(C)=C2)cn1. The van der Waals surface area contributed by atoms with Crippen LogP contribution in [-0.2, 0) is 6.54 Å². The minimum Gasteiger partial charge on any atom is -0.481 e. The molecule has 0 amide bonds. The summed E-state index contributed by atoms with van der Waals surface area (Å²) in [5, 5.41) is 3.42. The van der Waals surface area contributed by atoms with Crippen molar-refractivity contribution in [2.75, 3.05) is 7.11 Å². The van der Waals surface area contributed by atoms with Crippen molar-refractivity contribution in [1.82, 2.24) is 10.3 Å². The number of pyridine rings is 1. The van der Waals surface area contributed by atoms with Crippen LogP contribution in [0.3, 0.4) is 0 Å². The molecule has 1 aromatic heterocycles. The highest BCUT2D eigenvalue weighted by molar-refractivity contribution is 5.33. The Balaban J connectivity index is 1.95. The van der Waals surface area contributed by atoms with Crippen molar-refractivity contribution in [3.63, 3.8) is 0 Å². The van der Waals surface area contributed by atoms with Crippen LogP contribution in [0.5, 0.6) is 5.88 Å². The minimum atomic E-state index is 0.492. The molecule has 95 valence electrons. The highest BCUT2D eigenvalue weighted by atomic mass is 16.5. The van der Waals surface area contributed by atoms with Gasteiger partial charge in [-0.15, -0.1) is 0 Å². The lowest BCUT2D eigenvalue weighted by atomic mass is 9.95. The number of aromatic nitrogens is 1. The van der Waals surface area contributed by atoms with E-state index >= 15 is 0 Å². The van der Waals surface area contributed by atoms with E-state index in [1.807, 2.05) is 18.3 Å². The van der Waals surface area contributed by atoms with Crippen LogP contribution in [0.25, 0.3) is 0 Å². The lowest BCUT2D eigenvalue weighted by molar-refractivity contribution is 0.397. The first-order valence-electron chi connectivity index (χ1n) is 6.15. The fourth-order valence-corrected chi connectivity index (χ4v) is 2.04. The number of allylic oxidation sites excluding steroid dienone is 3. The molecule has 0 aliphatic heterocycles. The summed E-state index contributed by atoms with van der Waals surface area (Å²) in [6.45, 7) is 5.09. The monoisotopic (exact) mass is 243 g/mol. The number of methoxy groups -OCH3 is 1. The Morgan fingerprint density at radius 1 is 1.39 bits per heavy atom. The van der Waals surface area contributed by atoms with Gasteiger partial charge in [-0.2, -0.15) is 0 Å². The molecule has 0 saturated carbocycles. The molecule has 0 bridgehead atoms. The first-order valence-corrected chi connectivity index (χ1v) is 6.15. The maximum atomic E-state index is 5.04. The molecule has 1 aliphatic carbocycles. The molecule has 1 heterocycles. The zero-order valence-electron chi connectivity index (χ0n) is 11.1. The second kappa shape index (κ2) is 5.71. The topological polar surface area (TPSA) is 34.1 Å². The first-order chi connectivity index (χ1) is 8.67. The number of rotatable bonds is 4. The van der Waals surface area contributed by atoms with Crippen LogP contribution in [0.2, 0.25) is 0 Å². The molecule has 1 N–H and O–H groups in total. The molecule has 0 saturated heterocycles. The Morgan fingerprint density at radius 2 is 2.22 bits per heavy atom. The number of ether oxygens (including phenoxy) is 1. The normalized spacial score (nSPS) is 18.9. The first kappa shape index (κ1) is 12.7. The van der Waals surface area contributed by atoms with Gasteiger partial charge in [-0.05, 0) is 30.9 Å². The van der Waals surface area contributed by atoms with Gasteiger partial charge < -0.3 is 10.1 Å². The number of nitrogens with one attached hydrogen (secondary N) is 1. The lowest BCUT2D eigenvalue weighted by Crippen LogP contribution is -2.15. The maximum absolute atomic E-state index is 5.04. The van der Waals surface area contributed by atoms with Crippen molar-refractivity contribution in [1.29, 1.82) is 0 Å². The van der Waals surface area contributed by atoms with Crippen molar-refractivity contribution >= 4 is 0 Å². The summed E-state index contributed by atoms with van der Waals surface area (Å²) in [6.07, 6.45) is 8.47. The highest BCUT2D eigenvalue weighted by Crippen LogP contribution is 2.19. The van der Waals surface area contributed by atoms with Crippen LogP contribution in [-0.4, -0.2) is 12.1 Å². The molecule has 2 rings (SSSR count). The summed E-state index contributed by atoms with van der Waals surface area (Å²) in [5.74, 6) is 1.14. The molecule has 3 nitrogen and oxygen atoms in total. The van der Waals surface area contributed by atoms with E-state index in [-0.39, 0.29) is 0 Å². The molecule has 1 radical (unpaired) electrons. The Bertz CT molecular complexity index is 460. The molecular weight excluding hydrogens is 224 g/mol. The number of hydrogen-bond acceptors (Lipinski definition) is 3. The third-order valence-electron chi connectivity index (χ3n) is 2.85. The third kappa shape index (κ3) is 3.36. The average molecular weight is 243 g/mol. The standard InChI is InChI=1S/C15H19N2O/c1-11-6-12(2)8-14(7-11)16-9-13-4-5-15(18-3)17-10-13/h4-8,10-11,16H,9H2,1-3H3. The van der Waals surface area contributed by atoms with Gasteiger partial charge in [-0.25, -0.2) is 4.98 Å². The lowest BCUT2D eigenvalue weighted by Gasteiger charge is -2.17. The summed E-state index contributed by atoms with van der Waals surface area (Å²) >= 11 is 0. The fourth-order valence-electron chi connectivity index (χ4n) is 2.04. The number of hydrogen-bond donors (Lipinski definition) is 1. The molecule has 0 fully saturated rings. The van der Waals surface area contributed by atoms with E-state index in [1.165, 1.54) is 11.3 Å². The van der Waals surface area contributed by atoms with Gasteiger partial charge in [0.1, 0.15) is 0 Å². The molecule has 1 aromatic rings. The quantitative estimate of drug-likeness (QED) is 0.883. The van der Waals surface area contributed by atoms with Crippen LogP contribution in [0.15, 0.2) is 41.8 Å². The van der Waals surface area contributed by atoms with E-state index < -0.39 is 0 Å². The predicted octanol–water partition coefficient (Wildman–Crippen LogP) is 2.86. The van der Waals surface area contributed by atoms with Gasteiger partial charge in [-0.3, -0.25) is 0 Å². The molecule has 3 heteroatoms. The average Bonchev–Trinajstić information content (AvgIpc) is 2.36. The second-order valence-electron chi connectivity index (χ2n) is 4.60. The van der Waals surface area contributed by atoms with Gasteiger partial charge in [0.05, 0.1) is 7.11 Å². The zero-order chi connectivity index (χ0) is 13.0. The molecule has 0 spiro atoms. The molecule has 1 atom stereocenters. The van der Waals surface area contributed by atoms with Crippen LogP contribution < -0.4 is 10.1 Å². The predicted molar refractivity (Wildman–Crippen MR) is 72.9 cm³/mol. The van der Waals surface area contributed by atoms with Gasteiger partial charge in [0.15, 0.2) is 0 Å². The molecule has 1 unspecified atom stereocenters. The van der Waals surface area contributed by atoms with Crippen LogP contribution in [0.4, 0.5) is 0 Å². The summed E-state index contributed by atoms with van der Waals surface area (Å²) in [7, 11) is 1.62. The summed E-state index contributed by atoms with van der Waals surface area (Å²) in [5.41, 5.74) is 3.63. The Kier molecular flexibility index (Phi) is 4.03. The largest absolute Gasteiger partial charge is 0.481 e. The van der Waals surface area contributed by atoms with Crippen LogP contribution in [0, 0.1) is 12.3 Å². The molecule has 0 aromatic carbocycles. The zero-order valence-corrected chi connectivity index (χ0v) is 11.1. The third-order valence-corrected chi connectivity index (χ3v) is 2.85. The van der Waals surface area contributed by atoms with E-state index in [9.17, 15) is 0 Å². The highest BCUT2D eigenvalue weighted by Gasteiger charge is 2.08. The maximum Gasteiger partial charge on any atom is 0.212 e. The van der Waals surface area contributed by atoms with Crippen molar-refractivity contribution in [2.45, 2.75) is 20.4 Å². The smallest absolute Gasteiger partial charge is 0.212 e. The van der Waals surface area contributed by atoms with E-state index in [4.69, 9.17) is 4.74 Å². The summed E-state index contributed by atoms with van der Waals surface area (Å²) < 4.78 is 5.04. The van der Waals surface area contributed by atoms with Crippen molar-refractivity contribution < 1.29 is 4.74 Å². The minimum absolute atomic E-state index is 0.492. The van der Waals surface area contributed by atoms with E-state index in [2.05, 4.69) is 42.7 Å². The van der Waals surface area contributed by atoms with Gasteiger partial charge in [0.25, 0.3) is 0 Å². The van der Waals surface area contributed by atoms with Gasteiger partial charge in [-0.1, -0.05) is 24.6 Å². The van der Waals surface area contributed by atoms with Gasteiger partial charge in [0, 0.05) is 24.5 Å². The molecular formula is C15H19N2O. The van der Waals surface area contributed by atoms with Gasteiger partial charge >= 0.3 is 0 Å². The summed E-state index contributed by atoms with van der Waals surface area (Å²) in [6, 6.07) is 3.90. The van der Waals surface area contributed by atoms with Gasteiger partial charge in [0.2, 0.25) is 5.88 Å². The second-order valence-corrected chi connectivity index (χ2v) is 4.60. The summed E-state index contributed by atoms with van der Waals surface area (Å²) in [4.78, 5) is 4.19. The Hall–Kier alpha value is -1.77. The Morgan fingerprint density at radius 3 is 2.83 bits per heavy atom. The molecule has 1 aliphatic rings. The van der Waals surface area contributed by atoms with Crippen LogP contribution in [0.1, 0.15) is 19.4 Å². The molecule has 18 heavy (non-hydrogen) atoms. The van der Waals surface area contributed by atoms with Crippen molar-refractivity contribution in [2.24, 2.45) is 5.92 Å². The number of nitrogens with zero attached hydrogens (tertiary/aromatic N) is 1. The Labute approximate surface area is 109 Å². The van der Waals surface area contributed by atoms with E-state index in [0.29, 0.717) is 11.8 Å². The van der Waals surface area contributed by atoms with Crippen molar-refractivity contribution in [3.8, 4) is 5.88 Å². The van der Waals surface area contributed by atoms with Crippen molar-refractivity contribution in [3.05, 3.63) is 53.7 Å².